The van der Waals surface area contributed by atoms with Crippen molar-refractivity contribution in [2.75, 3.05) is 13.1 Å². The van der Waals surface area contributed by atoms with Crippen molar-refractivity contribution in [2.45, 2.75) is 50.7 Å². The highest BCUT2D eigenvalue weighted by Gasteiger charge is 2.40. The van der Waals surface area contributed by atoms with E-state index >= 15 is 4.39 Å². The molecule has 1 aromatic heterocycles. The van der Waals surface area contributed by atoms with Crippen LogP contribution in [0.4, 0.5) is 8.78 Å². The van der Waals surface area contributed by atoms with E-state index in [0.29, 0.717) is 23.3 Å². The fourth-order valence-corrected chi connectivity index (χ4v) is 5.61. The summed E-state index contributed by atoms with van der Waals surface area (Å²) in [7, 11) is 0. The third-order valence-electron chi connectivity index (χ3n) is 7.56. The number of imide groups is 1. The predicted octanol–water partition coefficient (Wildman–Crippen LogP) is 3.25. The van der Waals surface area contributed by atoms with Crippen LogP contribution in [-0.4, -0.2) is 51.8 Å². The highest BCUT2D eigenvalue weighted by Crippen LogP contribution is 2.35. The maximum atomic E-state index is 15.5. The Labute approximate surface area is 205 Å². The summed E-state index contributed by atoms with van der Waals surface area (Å²) in [5, 5.41) is 7.27. The highest BCUT2D eigenvalue weighted by atomic mass is 19.1. The van der Waals surface area contributed by atoms with Crippen molar-refractivity contribution in [1.29, 1.82) is 0 Å². The predicted molar refractivity (Wildman–Crippen MR) is 124 cm³/mol. The highest BCUT2D eigenvalue weighted by molar-refractivity contribution is 6.05. The maximum Gasteiger partial charge on any atom is 0.255 e. The van der Waals surface area contributed by atoms with Crippen LogP contribution in [0, 0.1) is 11.6 Å². The molecule has 0 radical (unpaired) electrons. The Morgan fingerprint density at radius 3 is 2.64 bits per heavy atom. The van der Waals surface area contributed by atoms with Crippen LogP contribution in [0.15, 0.2) is 34.9 Å². The van der Waals surface area contributed by atoms with E-state index in [1.165, 1.54) is 17.0 Å². The third kappa shape index (κ3) is 3.85. The first-order valence-electron chi connectivity index (χ1n) is 12.1. The van der Waals surface area contributed by atoms with E-state index in [4.69, 9.17) is 4.52 Å². The quantitative estimate of drug-likeness (QED) is 0.560. The molecule has 1 atom stereocenters. The van der Waals surface area contributed by atoms with E-state index in [-0.39, 0.29) is 48.5 Å². The number of halogens is 2. The smallest absolute Gasteiger partial charge is 0.255 e. The number of likely N-dealkylation sites (tertiary alicyclic amines) is 1. The van der Waals surface area contributed by atoms with E-state index in [9.17, 15) is 18.8 Å². The molecule has 3 aromatic rings. The van der Waals surface area contributed by atoms with Gasteiger partial charge in [-0.25, -0.2) is 8.78 Å². The summed E-state index contributed by atoms with van der Waals surface area (Å²) in [6.07, 6.45) is 2.02. The molecule has 0 aliphatic carbocycles. The number of hydrogen-bond donors (Lipinski definition) is 1. The molecule has 1 unspecified atom stereocenters. The van der Waals surface area contributed by atoms with Gasteiger partial charge < -0.3 is 9.42 Å². The molecule has 1 N–H and O–H groups in total. The molecule has 0 bridgehead atoms. The second kappa shape index (κ2) is 8.77. The summed E-state index contributed by atoms with van der Waals surface area (Å²) in [6, 6.07) is 6.95. The van der Waals surface area contributed by atoms with Gasteiger partial charge in [-0.15, -0.1) is 0 Å². The molecule has 4 heterocycles. The van der Waals surface area contributed by atoms with Crippen molar-refractivity contribution in [3.63, 3.8) is 0 Å². The fraction of sp³-hybridized carbons (Fsp3) is 0.385. The van der Waals surface area contributed by atoms with Gasteiger partial charge >= 0.3 is 0 Å². The number of carbonyl (C=O) groups excluding carboxylic acids is 3. The molecule has 0 saturated carbocycles. The Bertz CT molecular complexity index is 1400. The monoisotopic (exact) mass is 494 g/mol. The lowest BCUT2D eigenvalue weighted by atomic mass is 9.91. The number of fused-ring (bicyclic) bond motifs is 2. The van der Waals surface area contributed by atoms with Crippen molar-refractivity contribution in [1.82, 2.24) is 20.3 Å². The maximum absolute atomic E-state index is 15.5. The van der Waals surface area contributed by atoms with Gasteiger partial charge in [0.15, 0.2) is 5.58 Å². The van der Waals surface area contributed by atoms with Crippen LogP contribution in [0.5, 0.6) is 0 Å². The third-order valence-corrected chi connectivity index (χ3v) is 7.56. The van der Waals surface area contributed by atoms with Crippen LogP contribution in [0.2, 0.25) is 0 Å². The number of aromatic nitrogens is 1. The number of hydrogen-bond acceptors (Lipinski definition) is 6. The molecule has 3 aliphatic heterocycles. The molecular formula is C26H24F2N4O4. The Balaban J connectivity index is 1.13. The van der Waals surface area contributed by atoms with Crippen LogP contribution >= 0.6 is 0 Å². The second-order valence-electron chi connectivity index (χ2n) is 9.72. The largest absolute Gasteiger partial charge is 0.356 e. The molecule has 6 rings (SSSR count). The number of piperidine rings is 2. The van der Waals surface area contributed by atoms with Crippen LogP contribution in [0.1, 0.15) is 58.8 Å². The van der Waals surface area contributed by atoms with Gasteiger partial charge in [-0.05, 0) is 50.6 Å². The number of nitrogens with zero attached hydrogens (tertiary/aromatic N) is 3. The molecular weight excluding hydrogens is 470 g/mol. The minimum atomic E-state index is -0.770. The van der Waals surface area contributed by atoms with Gasteiger partial charge in [0.1, 0.15) is 17.7 Å². The van der Waals surface area contributed by atoms with Gasteiger partial charge in [0.25, 0.3) is 5.91 Å². The van der Waals surface area contributed by atoms with Crippen LogP contribution < -0.4 is 5.32 Å². The average molecular weight is 494 g/mol. The molecule has 2 aromatic carbocycles. The van der Waals surface area contributed by atoms with Gasteiger partial charge in [0.05, 0.1) is 12.2 Å². The standard InChI is InChI=1S/C26H24F2N4O4/c27-16-2-4-18-21(11-16)36-30-24(18)14-7-9-31(10-8-14)12-15-1-3-17-19(23(15)28)13-32(26(17)35)20-5-6-22(33)29-25(20)34/h1-4,11,14,20H,5-10,12-13H2,(H,29,33,34). The minimum Gasteiger partial charge on any atom is -0.356 e. The van der Waals surface area contributed by atoms with Crippen molar-refractivity contribution in [3.05, 3.63) is 64.4 Å². The summed E-state index contributed by atoms with van der Waals surface area (Å²) in [5.74, 6) is -1.85. The van der Waals surface area contributed by atoms with E-state index < -0.39 is 17.8 Å². The number of rotatable bonds is 4. The molecule has 8 nitrogen and oxygen atoms in total. The van der Waals surface area contributed by atoms with Gasteiger partial charge in [-0.1, -0.05) is 11.2 Å². The van der Waals surface area contributed by atoms with Crippen molar-refractivity contribution in [2.24, 2.45) is 0 Å². The van der Waals surface area contributed by atoms with Gasteiger partial charge in [-0.3, -0.25) is 24.6 Å². The van der Waals surface area contributed by atoms with Gasteiger partial charge in [0, 0.05) is 47.0 Å². The summed E-state index contributed by atoms with van der Waals surface area (Å²) < 4.78 is 34.3. The Morgan fingerprint density at radius 1 is 1.06 bits per heavy atom. The van der Waals surface area contributed by atoms with Crippen molar-refractivity contribution < 1.29 is 27.7 Å². The zero-order valence-corrected chi connectivity index (χ0v) is 19.4. The molecule has 10 heteroatoms. The first-order valence-corrected chi connectivity index (χ1v) is 12.1. The van der Waals surface area contributed by atoms with Gasteiger partial charge in [0.2, 0.25) is 11.8 Å². The fourth-order valence-electron chi connectivity index (χ4n) is 5.61. The van der Waals surface area contributed by atoms with Gasteiger partial charge in [-0.2, -0.15) is 0 Å². The first-order chi connectivity index (χ1) is 17.4. The number of amides is 3. The molecule has 0 spiro atoms. The van der Waals surface area contributed by atoms with Crippen LogP contribution in [-0.2, 0) is 22.7 Å². The molecule has 3 amide bonds. The molecule has 186 valence electrons. The van der Waals surface area contributed by atoms with Crippen molar-refractivity contribution >= 4 is 28.7 Å². The average Bonchev–Trinajstić information content (AvgIpc) is 3.42. The van der Waals surface area contributed by atoms with E-state index in [1.54, 1.807) is 18.2 Å². The van der Waals surface area contributed by atoms with Crippen LogP contribution in [0.3, 0.4) is 0 Å². The lowest BCUT2D eigenvalue weighted by Gasteiger charge is -2.31. The van der Waals surface area contributed by atoms with E-state index in [2.05, 4.69) is 15.4 Å². The summed E-state index contributed by atoms with van der Waals surface area (Å²) in [5.41, 5.74) is 2.36. The molecule has 36 heavy (non-hydrogen) atoms. The zero-order valence-electron chi connectivity index (χ0n) is 19.4. The summed E-state index contributed by atoms with van der Waals surface area (Å²) >= 11 is 0. The van der Waals surface area contributed by atoms with Crippen molar-refractivity contribution in [3.8, 4) is 0 Å². The number of carbonyl (C=O) groups is 3. The Kier molecular flexibility index (Phi) is 5.55. The lowest BCUT2D eigenvalue weighted by molar-refractivity contribution is -0.136. The Morgan fingerprint density at radius 2 is 1.86 bits per heavy atom. The van der Waals surface area contributed by atoms with E-state index in [1.807, 2.05) is 0 Å². The summed E-state index contributed by atoms with van der Waals surface area (Å²) in [6.45, 7) is 1.89. The second-order valence-corrected chi connectivity index (χ2v) is 9.72. The van der Waals surface area contributed by atoms with Crippen LogP contribution in [0.25, 0.3) is 11.0 Å². The molecule has 2 fully saturated rings. The number of benzene rings is 2. The van der Waals surface area contributed by atoms with E-state index in [0.717, 1.165) is 37.0 Å². The summed E-state index contributed by atoms with van der Waals surface area (Å²) in [4.78, 5) is 40.1. The SMILES string of the molecule is O=C1CCC(N2Cc3c(ccc(CN4CCC(c5noc6cc(F)ccc56)CC4)c3F)C2=O)C(=O)N1. The normalized spacial score (nSPS) is 21.3. The zero-order chi connectivity index (χ0) is 25.0. The molecule has 3 aliphatic rings. The lowest BCUT2D eigenvalue weighted by Crippen LogP contribution is -2.52. The first kappa shape index (κ1) is 22.8. The topological polar surface area (TPSA) is 95.8 Å². The Hall–Kier alpha value is -3.66. The number of nitrogens with one attached hydrogen (secondary N) is 1. The molecule has 2 saturated heterocycles. The minimum absolute atomic E-state index is 0.0159.